The molecule has 2 aliphatic rings. The zero-order valence-corrected chi connectivity index (χ0v) is 11.2. The Labute approximate surface area is 116 Å². The van der Waals surface area contributed by atoms with E-state index in [2.05, 4.69) is 5.32 Å². The van der Waals surface area contributed by atoms with Gasteiger partial charge in [0.2, 0.25) is 5.91 Å². The van der Waals surface area contributed by atoms with Crippen LogP contribution in [-0.4, -0.2) is 44.0 Å². The van der Waals surface area contributed by atoms with E-state index < -0.39 is 24.5 Å². The molecule has 0 aromatic carbocycles. The van der Waals surface area contributed by atoms with Crippen LogP contribution in [0.25, 0.3) is 0 Å². The molecule has 1 heterocycles. The molecular weight excluding hydrogens is 275 g/mol. The molecule has 2 rings (SSSR count). The van der Waals surface area contributed by atoms with Gasteiger partial charge in [0.05, 0.1) is 12.6 Å². The first-order valence-electron chi connectivity index (χ1n) is 6.99. The van der Waals surface area contributed by atoms with Crippen LogP contribution in [0.3, 0.4) is 0 Å². The Balaban J connectivity index is 1.78. The quantitative estimate of drug-likeness (QED) is 0.844. The summed E-state index contributed by atoms with van der Waals surface area (Å²) in [6, 6.07) is -0.390. The Bertz CT molecular complexity index is 331. The summed E-state index contributed by atoms with van der Waals surface area (Å²) in [6.07, 6.45) is -2.30. The normalized spacial score (nSPS) is 27.9. The monoisotopic (exact) mass is 295 g/mol. The maximum absolute atomic E-state index is 12.1. The fraction of sp³-hybridized carbons (Fsp3) is 0.923. The van der Waals surface area contributed by atoms with Gasteiger partial charge in [-0.25, -0.2) is 0 Å². The Morgan fingerprint density at radius 1 is 1.30 bits per heavy atom. The van der Waals surface area contributed by atoms with Crippen molar-refractivity contribution in [3.8, 4) is 0 Å². The number of hydrogen-bond acceptors (Lipinski definition) is 3. The van der Waals surface area contributed by atoms with Crippen LogP contribution in [0.2, 0.25) is 0 Å². The number of amides is 1. The SMILES string of the molecule is O=C(CC(F)(F)F)N[C@@H]1CCOC[C@H]1OCC1CCC1. The zero-order valence-electron chi connectivity index (χ0n) is 11.2. The summed E-state index contributed by atoms with van der Waals surface area (Å²) >= 11 is 0. The molecule has 1 amide bonds. The first-order chi connectivity index (χ1) is 9.44. The average Bonchev–Trinajstić information content (AvgIpc) is 2.26. The molecule has 20 heavy (non-hydrogen) atoms. The van der Waals surface area contributed by atoms with E-state index in [1.165, 1.54) is 6.42 Å². The molecular formula is C13H20F3NO3. The Morgan fingerprint density at radius 3 is 2.65 bits per heavy atom. The summed E-state index contributed by atoms with van der Waals surface area (Å²) in [5, 5.41) is 2.42. The van der Waals surface area contributed by atoms with Gasteiger partial charge in [-0.3, -0.25) is 4.79 Å². The minimum atomic E-state index is -4.47. The predicted molar refractivity (Wildman–Crippen MR) is 65.1 cm³/mol. The molecule has 1 aliphatic heterocycles. The van der Waals surface area contributed by atoms with E-state index in [0.717, 1.165) is 12.8 Å². The summed E-state index contributed by atoms with van der Waals surface area (Å²) in [5.41, 5.74) is 0. The van der Waals surface area contributed by atoms with Gasteiger partial charge >= 0.3 is 6.18 Å². The molecule has 0 bridgehead atoms. The third kappa shape index (κ3) is 4.94. The number of alkyl halides is 3. The Morgan fingerprint density at radius 2 is 2.05 bits per heavy atom. The number of nitrogens with one attached hydrogen (secondary N) is 1. The van der Waals surface area contributed by atoms with Gasteiger partial charge in [0.25, 0.3) is 0 Å². The summed E-state index contributed by atoms with van der Waals surface area (Å²) in [7, 11) is 0. The highest BCUT2D eigenvalue weighted by Gasteiger charge is 2.34. The second-order valence-corrected chi connectivity index (χ2v) is 5.50. The lowest BCUT2D eigenvalue weighted by atomic mass is 9.86. The lowest BCUT2D eigenvalue weighted by Gasteiger charge is -2.34. The predicted octanol–water partition coefficient (Wildman–Crippen LogP) is 2.03. The van der Waals surface area contributed by atoms with Crippen molar-refractivity contribution >= 4 is 5.91 Å². The molecule has 7 heteroatoms. The summed E-state index contributed by atoms with van der Waals surface area (Å²) in [5.74, 6) is -0.454. The van der Waals surface area contributed by atoms with Crippen LogP contribution >= 0.6 is 0 Å². The minimum Gasteiger partial charge on any atom is -0.379 e. The summed E-state index contributed by atoms with van der Waals surface area (Å²) in [6.45, 7) is 1.35. The van der Waals surface area contributed by atoms with Crippen LogP contribution < -0.4 is 5.32 Å². The van der Waals surface area contributed by atoms with E-state index >= 15 is 0 Å². The third-order valence-electron chi connectivity index (χ3n) is 3.78. The van der Waals surface area contributed by atoms with Crippen LogP contribution in [0.1, 0.15) is 32.1 Å². The lowest BCUT2D eigenvalue weighted by molar-refractivity contribution is -0.156. The molecule has 116 valence electrons. The van der Waals surface area contributed by atoms with Gasteiger partial charge in [-0.15, -0.1) is 0 Å². The van der Waals surface area contributed by atoms with Gasteiger partial charge < -0.3 is 14.8 Å². The van der Waals surface area contributed by atoms with Crippen molar-refractivity contribution in [2.24, 2.45) is 5.92 Å². The fourth-order valence-corrected chi connectivity index (χ4v) is 2.40. The molecule has 1 saturated heterocycles. The maximum Gasteiger partial charge on any atom is 0.397 e. The largest absolute Gasteiger partial charge is 0.397 e. The van der Waals surface area contributed by atoms with Crippen molar-refractivity contribution in [2.75, 3.05) is 19.8 Å². The van der Waals surface area contributed by atoms with E-state index in [9.17, 15) is 18.0 Å². The zero-order chi connectivity index (χ0) is 14.6. The first kappa shape index (κ1) is 15.6. The highest BCUT2D eigenvalue weighted by atomic mass is 19.4. The Kier molecular flexibility index (Phi) is 5.26. The highest BCUT2D eigenvalue weighted by molar-refractivity contribution is 5.77. The van der Waals surface area contributed by atoms with Gasteiger partial charge in [0.15, 0.2) is 0 Å². The van der Waals surface area contributed by atoms with E-state index in [-0.39, 0.29) is 6.10 Å². The van der Waals surface area contributed by atoms with E-state index in [0.29, 0.717) is 32.2 Å². The molecule has 2 atom stereocenters. The van der Waals surface area contributed by atoms with Crippen molar-refractivity contribution in [3.63, 3.8) is 0 Å². The summed E-state index contributed by atoms with van der Waals surface area (Å²) in [4.78, 5) is 11.4. The van der Waals surface area contributed by atoms with Crippen LogP contribution in [0.4, 0.5) is 13.2 Å². The van der Waals surface area contributed by atoms with Crippen LogP contribution in [0, 0.1) is 5.92 Å². The lowest BCUT2D eigenvalue weighted by Crippen LogP contribution is -2.51. The molecule has 0 unspecified atom stereocenters. The fourth-order valence-electron chi connectivity index (χ4n) is 2.40. The maximum atomic E-state index is 12.1. The van der Waals surface area contributed by atoms with Crippen LogP contribution in [0.5, 0.6) is 0 Å². The van der Waals surface area contributed by atoms with Crippen LogP contribution in [-0.2, 0) is 14.3 Å². The van der Waals surface area contributed by atoms with Crippen molar-refractivity contribution in [1.29, 1.82) is 0 Å². The molecule has 1 saturated carbocycles. The number of rotatable bonds is 5. The standard InChI is InChI=1S/C13H20F3NO3/c14-13(15,16)6-12(18)17-10-4-5-19-8-11(10)20-7-9-2-1-3-9/h9-11H,1-8H2,(H,17,18)/t10-,11-/m1/s1. The highest BCUT2D eigenvalue weighted by Crippen LogP contribution is 2.27. The molecule has 0 spiro atoms. The molecule has 1 N–H and O–H groups in total. The molecule has 4 nitrogen and oxygen atoms in total. The topological polar surface area (TPSA) is 47.6 Å². The summed E-state index contributed by atoms with van der Waals surface area (Å²) < 4.78 is 47.4. The Hall–Kier alpha value is -0.820. The van der Waals surface area contributed by atoms with Crippen molar-refractivity contribution < 1.29 is 27.4 Å². The number of carbonyl (C=O) groups is 1. The van der Waals surface area contributed by atoms with E-state index in [4.69, 9.17) is 9.47 Å². The van der Waals surface area contributed by atoms with Crippen molar-refractivity contribution in [1.82, 2.24) is 5.32 Å². The number of ether oxygens (including phenoxy) is 2. The van der Waals surface area contributed by atoms with Gasteiger partial charge in [-0.05, 0) is 25.2 Å². The van der Waals surface area contributed by atoms with Crippen molar-refractivity contribution in [3.05, 3.63) is 0 Å². The first-order valence-corrected chi connectivity index (χ1v) is 6.99. The molecule has 0 aromatic heterocycles. The average molecular weight is 295 g/mol. The molecule has 1 aliphatic carbocycles. The smallest absolute Gasteiger partial charge is 0.379 e. The van der Waals surface area contributed by atoms with Crippen LogP contribution in [0.15, 0.2) is 0 Å². The van der Waals surface area contributed by atoms with Crippen molar-refractivity contribution in [2.45, 2.75) is 50.4 Å². The second-order valence-electron chi connectivity index (χ2n) is 5.50. The molecule has 0 radical (unpaired) electrons. The minimum absolute atomic E-state index is 0.323. The second kappa shape index (κ2) is 6.76. The number of halogens is 3. The third-order valence-corrected chi connectivity index (χ3v) is 3.78. The van der Waals surface area contributed by atoms with Gasteiger partial charge in [0.1, 0.15) is 12.5 Å². The number of hydrogen-bond donors (Lipinski definition) is 1. The van der Waals surface area contributed by atoms with E-state index in [1.807, 2.05) is 0 Å². The van der Waals surface area contributed by atoms with Gasteiger partial charge in [-0.2, -0.15) is 13.2 Å². The molecule has 2 fully saturated rings. The van der Waals surface area contributed by atoms with Gasteiger partial charge in [-0.1, -0.05) is 6.42 Å². The molecule has 0 aromatic rings. The van der Waals surface area contributed by atoms with Gasteiger partial charge in [0, 0.05) is 13.2 Å². The van der Waals surface area contributed by atoms with E-state index in [1.54, 1.807) is 0 Å². The number of carbonyl (C=O) groups excluding carboxylic acids is 1.